The normalized spacial score (nSPS) is 15.5. The first-order valence-electron chi connectivity index (χ1n) is 7.16. The van der Waals surface area contributed by atoms with Crippen LogP contribution < -0.4 is 4.74 Å². The first-order chi connectivity index (χ1) is 10.2. The lowest BCUT2D eigenvalue weighted by molar-refractivity contribution is 0.175. The van der Waals surface area contributed by atoms with Crippen molar-refractivity contribution in [1.29, 1.82) is 0 Å². The molecule has 1 fully saturated rings. The maximum Gasteiger partial charge on any atom is 0.208 e. The van der Waals surface area contributed by atoms with Crippen molar-refractivity contribution in [3.05, 3.63) is 42.0 Å². The molecule has 0 radical (unpaired) electrons. The highest BCUT2D eigenvalue weighted by molar-refractivity contribution is 6.05. The second-order valence-corrected chi connectivity index (χ2v) is 5.58. The summed E-state index contributed by atoms with van der Waals surface area (Å²) in [5.41, 5.74) is 0.142. The number of benzene rings is 2. The van der Waals surface area contributed by atoms with Gasteiger partial charge < -0.3 is 9.15 Å². The van der Waals surface area contributed by atoms with E-state index in [1.165, 1.54) is 12.5 Å². The van der Waals surface area contributed by atoms with Gasteiger partial charge >= 0.3 is 0 Å². The fraction of sp³-hybridized carbons (Fsp3) is 0.294. The van der Waals surface area contributed by atoms with Crippen molar-refractivity contribution < 1.29 is 17.9 Å². The number of furan rings is 1. The molecule has 2 aromatic carbocycles. The molecule has 4 heteroatoms. The maximum atomic E-state index is 14.5. The third-order valence-corrected chi connectivity index (χ3v) is 4.22. The quantitative estimate of drug-likeness (QED) is 0.673. The molecular formula is C17H14F2O2. The van der Waals surface area contributed by atoms with E-state index in [9.17, 15) is 8.78 Å². The molecule has 1 aliphatic carbocycles. The second kappa shape index (κ2) is 4.72. The Labute approximate surface area is 120 Å². The highest BCUT2D eigenvalue weighted by Crippen LogP contribution is 2.36. The molecular weight excluding hydrogens is 274 g/mol. The van der Waals surface area contributed by atoms with Crippen LogP contribution in [-0.4, -0.2) is 6.61 Å². The lowest BCUT2D eigenvalue weighted by Gasteiger charge is -2.25. The lowest BCUT2D eigenvalue weighted by Crippen LogP contribution is -2.19. The zero-order valence-corrected chi connectivity index (χ0v) is 11.4. The summed E-state index contributed by atoms with van der Waals surface area (Å²) < 4.78 is 39.1. The number of rotatable bonds is 3. The van der Waals surface area contributed by atoms with Crippen LogP contribution in [0, 0.1) is 17.6 Å². The molecule has 0 amide bonds. The van der Waals surface area contributed by atoms with Gasteiger partial charge in [-0.25, -0.2) is 4.39 Å². The molecule has 0 atom stereocenters. The number of fused-ring (bicyclic) bond motifs is 3. The minimum atomic E-state index is -0.553. The van der Waals surface area contributed by atoms with Crippen LogP contribution in [0.15, 0.2) is 34.7 Å². The van der Waals surface area contributed by atoms with Crippen molar-refractivity contribution in [2.45, 2.75) is 19.3 Å². The van der Waals surface area contributed by atoms with Gasteiger partial charge in [0.05, 0.1) is 6.61 Å². The molecule has 2 nitrogen and oxygen atoms in total. The van der Waals surface area contributed by atoms with Crippen molar-refractivity contribution in [2.75, 3.05) is 6.61 Å². The molecule has 0 spiro atoms. The van der Waals surface area contributed by atoms with Gasteiger partial charge in [-0.05, 0) is 37.0 Å². The van der Waals surface area contributed by atoms with Crippen LogP contribution in [0.25, 0.3) is 21.9 Å². The molecule has 108 valence electrons. The zero-order chi connectivity index (χ0) is 14.4. The van der Waals surface area contributed by atoms with E-state index in [4.69, 9.17) is 9.15 Å². The van der Waals surface area contributed by atoms with E-state index in [-0.39, 0.29) is 16.9 Å². The number of halogens is 2. The fourth-order valence-corrected chi connectivity index (χ4v) is 2.76. The van der Waals surface area contributed by atoms with Crippen LogP contribution in [0.5, 0.6) is 5.75 Å². The molecule has 1 saturated carbocycles. The van der Waals surface area contributed by atoms with Gasteiger partial charge in [-0.1, -0.05) is 18.6 Å². The van der Waals surface area contributed by atoms with Crippen LogP contribution in [0.2, 0.25) is 0 Å². The Hall–Kier alpha value is -2.10. The predicted molar refractivity (Wildman–Crippen MR) is 76.5 cm³/mol. The van der Waals surface area contributed by atoms with Crippen LogP contribution in [0.4, 0.5) is 8.78 Å². The Balaban J connectivity index is 1.78. The van der Waals surface area contributed by atoms with E-state index in [1.54, 1.807) is 24.3 Å². The van der Waals surface area contributed by atoms with Gasteiger partial charge in [0.15, 0.2) is 22.7 Å². The smallest absolute Gasteiger partial charge is 0.208 e. The molecule has 0 aliphatic heterocycles. The highest BCUT2D eigenvalue weighted by atomic mass is 19.1. The summed E-state index contributed by atoms with van der Waals surface area (Å²) in [4.78, 5) is 0. The SMILES string of the molecule is Fc1cccc2c1oc1c(F)c(OCC3CCC3)ccc12. The molecule has 1 aromatic heterocycles. The molecule has 0 bridgehead atoms. The zero-order valence-electron chi connectivity index (χ0n) is 11.4. The van der Waals surface area contributed by atoms with E-state index in [0.29, 0.717) is 23.3 Å². The van der Waals surface area contributed by atoms with E-state index >= 15 is 0 Å². The molecule has 3 aromatic rings. The van der Waals surface area contributed by atoms with Gasteiger partial charge in [0, 0.05) is 10.8 Å². The fourth-order valence-electron chi connectivity index (χ4n) is 2.76. The molecule has 0 saturated heterocycles. The predicted octanol–water partition coefficient (Wildman–Crippen LogP) is 5.04. The number of para-hydroxylation sites is 1. The van der Waals surface area contributed by atoms with Crippen molar-refractivity contribution in [3.8, 4) is 5.75 Å². The van der Waals surface area contributed by atoms with Gasteiger partial charge in [-0.2, -0.15) is 4.39 Å². The number of hydrogen-bond donors (Lipinski definition) is 0. The van der Waals surface area contributed by atoms with Crippen molar-refractivity contribution in [1.82, 2.24) is 0 Å². The summed E-state index contributed by atoms with van der Waals surface area (Å²) >= 11 is 0. The van der Waals surface area contributed by atoms with Crippen molar-refractivity contribution in [3.63, 3.8) is 0 Å². The minimum Gasteiger partial charge on any atom is -0.490 e. The van der Waals surface area contributed by atoms with Crippen molar-refractivity contribution >= 4 is 21.9 Å². The first kappa shape index (κ1) is 12.6. The summed E-state index contributed by atoms with van der Waals surface area (Å²) in [6.07, 6.45) is 3.50. The molecule has 1 aliphatic rings. The van der Waals surface area contributed by atoms with Gasteiger partial charge in [0.1, 0.15) is 0 Å². The van der Waals surface area contributed by atoms with E-state index in [1.807, 2.05) is 0 Å². The van der Waals surface area contributed by atoms with Gasteiger partial charge in [0.25, 0.3) is 0 Å². The Morgan fingerprint density at radius 1 is 1.05 bits per heavy atom. The molecule has 21 heavy (non-hydrogen) atoms. The minimum absolute atomic E-state index is 0.0567. The van der Waals surface area contributed by atoms with Gasteiger partial charge in [-0.3, -0.25) is 0 Å². The van der Waals surface area contributed by atoms with E-state index in [2.05, 4.69) is 0 Å². The van der Waals surface area contributed by atoms with E-state index < -0.39 is 11.6 Å². The van der Waals surface area contributed by atoms with Gasteiger partial charge in [-0.15, -0.1) is 0 Å². The Morgan fingerprint density at radius 2 is 1.86 bits per heavy atom. The third kappa shape index (κ3) is 1.97. The average molecular weight is 288 g/mol. The Morgan fingerprint density at radius 3 is 2.62 bits per heavy atom. The van der Waals surface area contributed by atoms with Crippen LogP contribution in [0.3, 0.4) is 0 Å². The summed E-state index contributed by atoms with van der Waals surface area (Å²) in [5.74, 6) is -0.343. The highest BCUT2D eigenvalue weighted by Gasteiger charge is 2.21. The van der Waals surface area contributed by atoms with E-state index in [0.717, 1.165) is 12.8 Å². The maximum absolute atomic E-state index is 14.5. The first-order valence-corrected chi connectivity index (χ1v) is 7.16. The summed E-state index contributed by atoms with van der Waals surface area (Å²) in [6, 6.07) is 7.93. The standard InChI is InChI=1S/C17H14F2O2/c18-13-6-2-5-11-12-7-8-14(20-9-10-3-1-4-10)15(19)17(12)21-16(11)13/h2,5-8,10H,1,3-4,9H2. The topological polar surface area (TPSA) is 22.4 Å². The Bertz CT molecular complexity index is 818. The lowest BCUT2D eigenvalue weighted by atomic mass is 9.86. The molecule has 0 N–H and O–H groups in total. The number of ether oxygens (including phenoxy) is 1. The second-order valence-electron chi connectivity index (χ2n) is 5.58. The van der Waals surface area contributed by atoms with Crippen LogP contribution in [-0.2, 0) is 0 Å². The number of hydrogen-bond acceptors (Lipinski definition) is 2. The van der Waals surface area contributed by atoms with Gasteiger partial charge in [0.2, 0.25) is 5.82 Å². The summed E-state index contributed by atoms with van der Waals surface area (Å²) in [6.45, 7) is 0.525. The Kier molecular flexibility index (Phi) is 2.84. The summed E-state index contributed by atoms with van der Waals surface area (Å²) in [7, 11) is 0. The van der Waals surface area contributed by atoms with Crippen molar-refractivity contribution in [2.24, 2.45) is 5.92 Å². The van der Waals surface area contributed by atoms with Crippen LogP contribution >= 0.6 is 0 Å². The monoisotopic (exact) mass is 288 g/mol. The molecule has 0 unspecified atom stereocenters. The largest absolute Gasteiger partial charge is 0.490 e. The molecule has 1 heterocycles. The average Bonchev–Trinajstić information content (AvgIpc) is 2.81. The summed E-state index contributed by atoms with van der Waals surface area (Å²) in [5, 5.41) is 1.15. The third-order valence-electron chi connectivity index (χ3n) is 4.22. The molecule has 4 rings (SSSR count). The van der Waals surface area contributed by atoms with Crippen LogP contribution in [0.1, 0.15) is 19.3 Å².